The normalized spacial score (nSPS) is 11.2. The number of nitrogens with zero attached hydrogens (tertiary/aromatic N) is 2. The van der Waals surface area contributed by atoms with Crippen LogP contribution in [0, 0.1) is 25.0 Å². The van der Waals surface area contributed by atoms with E-state index < -0.39 is 4.92 Å². The van der Waals surface area contributed by atoms with Crippen LogP contribution in [0.25, 0.3) is 22.4 Å². The van der Waals surface area contributed by atoms with Gasteiger partial charge >= 0.3 is 0 Å². The van der Waals surface area contributed by atoms with Gasteiger partial charge in [0, 0.05) is 12.1 Å². The summed E-state index contributed by atoms with van der Waals surface area (Å²) in [5.74, 6) is 1.20. The zero-order valence-corrected chi connectivity index (χ0v) is 21.1. The summed E-state index contributed by atoms with van der Waals surface area (Å²) in [6.07, 6.45) is 1.69. The number of allylic oxidation sites excluding steroid dienone is 1. The van der Waals surface area contributed by atoms with Crippen molar-refractivity contribution in [3.63, 3.8) is 0 Å². The number of benzene rings is 4. The van der Waals surface area contributed by atoms with Crippen LogP contribution < -0.4 is 9.47 Å². The molecule has 0 aliphatic carbocycles. The number of halogens is 1. The Morgan fingerprint density at radius 1 is 1.06 bits per heavy atom. The number of nitro groups is 1. The van der Waals surface area contributed by atoms with Crippen molar-refractivity contribution in [3.05, 3.63) is 109 Å². The van der Waals surface area contributed by atoms with E-state index in [0.717, 1.165) is 25.5 Å². The van der Waals surface area contributed by atoms with Crippen LogP contribution in [0.4, 0.5) is 5.69 Å². The summed E-state index contributed by atoms with van der Waals surface area (Å²) >= 11 is 2.19. The number of nitriles is 1. The number of ether oxygens (including phenoxy) is 2. The number of fused-ring (bicyclic) bond motifs is 1. The number of non-ortho nitro benzene ring substituents is 1. The maximum Gasteiger partial charge on any atom is 0.270 e. The van der Waals surface area contributed by atoms with Crippen LogP contribution in [0.2, 0.25) is 0 Å². The summed E-state index contributed by atoms with van der Waals surface area (Å²) in [6, 6.07) is 26.2. The summed E-state index contributed by atoms with van der Waals surface area (Å²) in [7, 11) is 0. The lowest BCUT2D eigenvalue weighted by Gasteiger charge is -2.16. The summed E-state index contributed by atoms with van der Waals surface area (Å²) in [5, 5.41) is 23.1. The van der Waals surface area contributed by atoms with Crippen LogP contribution in [0.1, 0.15) is 23.6 Å². The maximum atomic E-state index is 11.1. The number of hydrogen-bond acceptors (Lipinski definition) is 5. The van der Waals surface area contributed by atoms with E-state index >= 15 is 0 Å². The van der Waals surface area contributed by atoms with Gasteiger partial charge < -0.3 is 9.47 Å². The van der Waals surface area contributed by atoms with Crippen molar-refractivity contribution in [2.45, 2.75) is 13.5 Å². The van der Waals surface area contributed by atoms with Gasteiger partial charge in [-0.25, -0.2) is 0 Å². The molecule has 0 bridgehead atoms. The molecular weight excluding hydrogens is 555 g/mol. The number of nitro benzene ring substituents is 1. The minimum absolute atomic E-state index is 0.0644. The topological polar surface area (TPSA) is 85.4 Å². The van der Waals surface area contributed by atoms with E-state index in [4.69, 9.17) is 9.47 Å². The third-order valence-electron chi connectivity index (χ3n) is 5.38. The molecule has 0 heterocycles. The molecule has 0 atom stereocenters. The fourth-order valence-electron chi connectivity index (χ4n) is 3.78. The molecule has 0 aliphatic heterocycles. The van der Waals surface area contributed by atoms with E-state index in [1.54, 1.807) is 18.2 Å². The molecule has 0 N–H and O–H groups in total. The molecule has 0 radical (unpaired) electrons. The zero-order valence-electron chi connectivity index (χ0n) is 18.9. The summed E-state index contributed by atoms with van der Waals surface area (Å²) in [6.45, 7) is 2.72. The molecule has 0 saturated carbocycles. The average molecular weight is 576 g/mol. The maximum absolute atomic E-state index is 11.1. The van der Waals surface area contributed by atoms with Gasteiger partial charge in [0.2, 0.25) is 0 Å². The van der Waals surface area contributed by atoms with Crippen molar-refractivity contribution >= 4 is 50.7 Å². The third kappa shape index (κ3) is 5.61. The Bertz CT molecular complexity index is 1470. The summed E-state index contributed by atoms with van der Waals surface area (Å²) in [5.41, 5.74) is 2.54. The highest BCUT2D eigenvalue weighted by atomic mass is 127. The van der Waals surface area contributed by atoms with E-state index in [1.807, 2.05) is 43.3 Å². The Kier molecular flexibility index (Phi) is 7.63. The highest BCUT2D eigenvalue weighted by Crippen LogP contribution is 2.36. The van der Waals surface area contributed by atoms with Gasteiger partial charge in [-0.15, -0.1) is 0 Å². The van der Waals surface area contributed by atoms with Gasteiger partial charge in [0.05, 0.1) is 26.7 Å². The van der Waals surface area contributed by atoms with Gasteiger partial charge in [-0.2, -0.15) is 5.26 Å². The molecule has 0 spiro atoms. The summed E-state index contributed by atoms with van der Waals surface area (Å²) < 4.78 is 12.9. The van der Waals surface area contributed by atoms with Crippen LogP contribution in [-0.4, -0.2) is 11.5 Å². The average Bonchev–Trinajstić information content (AvgIpc) is 2.87. The van der Waals surface area contributed by atoms with Gasteiger partial charge in [-0.3, -0.25) is 10.1 Å². The highest BCUT2D eigenvalue weighted by molar-refractivity contribution is 14.1. The first-order valence-electron chi connectivity index (χ1n) is 10.9. The van der Waals surface area contributed by atoms with E-state index in [2.05, 4.69) is 46.9 Å². The smallest absolute Gasteiger partial charge is 0.270 e. The fourth-order valence-corrected chi connectivity index (χ4v) is 4.56. The molecule has 0 unspecified atom stereocenters. The predicted octanol–water partition coefficient (Wildman–Crippen LogP) is 7.39. The lowest BCUT2D eigenvalue weighted by atomic mass is 10.0. The molecular formula is C28H21IN2O4. The van der Waals surface area contributed by atoms with Crippen LogP contribution in [0.3, 0.4) is 0 Å². The Balaban J connectivity index is 1.67. The van der Waals surface area contributed by atoms with Gasteiger partial charge in [0.25, 0.3) is 5.69 Å². The van der Waals surface area contributed by atoms with Crippen LogP contribution in [0.5, 0.6) is 11.5 Å². The molecule has 0 saturated heterocycles. The van der Waals surface area contributed by atoms with Crippen molar-refractivity contribution in [2.24, 2.45) is 0 Å². The molecule has 0 amide bonds. The zero-order chi connectivity index (χ0) is 24.8. The predicted molar refractivity (Wildman–Crippen MR) is 145 cm³/mol. The first kappa shape index (κ1) is 24.2. The Hall–Kier alpha value is -3.90. The quantitative estimate of drug-likeness (QED) is 0.0718. The second kappa shape index (κ2) is 11.0. The summed E-state index contributed by atoms with van der Waals surface area (Å²) in [4.78, 5) is 10.7. The van der Waals surface area contributed by atoms with Gasteiger partial charge in [0.15, 0.2) is 11.5 Å². The number of hydrogen-bond donors (Lipinski definition) is 0. The van der Waals surface area contributed by atoms with E-state index in [0.29, 0.717) is 35.8 Å². The first-order chi connectivity index (χ1) is 17.0. The van der Waals surface area contributed by atoms with Crippen molar-refractivity contribution in [1.82, 2.24) is 0 Å². The first-order valence-corrected chi connectivity index (χ1v) is 12.0. The van der Waals surface area contributed by atoms with Crippen LogP contribution in [0.15, 0.2) is 78.9 Å². The largest absolute Gasteiger partial charge is 0.490 e. The SMILES string of the molecule is CCOc1cc(/C=C(/C#N)c2cccc([N+](=O)[O-])c2)cc(I)c1OCc1cccc2ccccc12. The molecule has 0 fully saturated rings. The molecule has 0 aromatic heterocycles. The van der Waals surface area contributed by atoms with E-state index in [1.165, 1.54) is 12.1 Å². The standard InChI is InChI=1S/C28H21IN2O4/c1-2-34-27-15-19(13-23(17-30)21-9-6-11-24(16-21)31(32)33)14-26(29)28(27)35-18-22-10-5-8-20-7-3-4-12-25(20)22/h3-16H,2,18H2,1H3/b23-13-. The Labute approximate surface area is 216 Å². The molecule has 6 nitrogen and oxygen atoms in total. The lowest BCUT2D eigenvalue weighted by molar-refractivity contribution is -0.384. The van der Waals surface area contributed by atoms with Gasteiger partial charge in [-0.05, 0) is 75.2 Å². The molecule has 35 heavy (non-hydrogen) atoms. The number of rotatable bonds is 8. The van der Waals surface area contributed by atoms with Crippen molar-refractivity contribution in [1.29, 1.82) is 5.26 Å². The second-order valence-corrected chi connectivity index (χ2v) is 8.83. The highest BCUT2D eigenvalue weighted by Gasteiger charge is 2.14. The third-order valence-corrected chi connectivity index (χ3v) is 6.18. The van der Waals surface area contributed by atoms with Crippen molar-refractivity contribution in [2.75, 3.05) is 6.61 Å². The van der Waals surface area contributed by atoms with Crippen LogP contribution >= 0.6 is 22.6 Å². The minimum Gasteiger partial charge on any atom is -0.490 e. The fraction of sp³-hybridized carbons (Fsp3) is 0.107. The molecule has 7 heteroatoms. The molecule has 4 rings (SSSR count). The van der Waals surface area contributed by atoms with E-state index in [9.17, 15) is 15.4 Å². The minimum atomic E-state index is -0.475. The lowest BCUT2D eigenvalue weighted by Crippen LogP contribution is -2.02. The molecule has 174 valence electrons. The van der Waals surface area contributed by atoms with Gasteiger partial charge in [-0.1, -0.05) is 54.6 Å². The van der Waals surface area contributed by atoms with Gasteiger partial charge in [0.1, 0.15) is 6.61 Å². The second-order valence-electron chi connectivity index (χ2n) is 7.67. The molecule has 0 aliphatic rings. The Morgan fingerprint density at radius 2 is 1.83 bits per heavy atom. The Morgan fingerprint density at radius 3 is 2.60 bits per heavy atom. The van der Waals surface area contributed by atoms with Crippen molar-refractivity contribution in [3.8, 4) is 17.6 Å². The van der Waals surface area contributed by atoms with Crippen LogP contribution in [-0.2, 0) is 6.61 Å². The van der Waals surface area contributed by atoms with E-state index in [-0.39, 0.29) is 5.69 Å². The molecule has 4 aromatic rings. The van der Waals surface area contributed by atoms with Crippen molar-refractivity contribution < 1.29 is 14.4 Å². The monoisotopic (exact) mass is 576 g/mol. The molecule has 4 aromatic carbocycles.